The Hall–Kier alpha value is -3.49. The maximum absolute atomic E-state index is 12.0. The van der Waals surface area contributed by atoms with Crippen molar-refractivity contribution in [2.24, 2.45) is 0 Å². The molecule has 0 radical (unpaired) electrons. The summed E-state index contributed by atoms with van der Waals surface area (Å²) in [4.78, 5) is 16.6. The molecule has 28 heavy (non-hydrogen) atoms. The lowest BCUT2D eigenvalue weighted by Crippen LogP contribution is -2.16. The van der Waals surface area contributed by atoms with Crippen LogP contribution in [0.3, 0.4) is 0 Å². The van der Waals surface area contributed by atoms with Gasteiger partial charge >= 0.3 is 0 Å². The molecule has 1 amide bonds. The fraction of sp³-hybridized carbons (Fsp3) is 0.316. The molecule has 0 saturated heterocycles. The van der Waals surface area contributed by atoms with Gasteiger partial charge in [0.1, 0.15) is 30.5 Å². The van der Waals surface area contributed by atoms with E-state index in [0.29, 0.717) is 48.3 Å². The molecule has 2 aromatic heterocycles. The van der Waals surface area contributed by atoms with Crippen LogP contribution in [-0.4, -0.2) is 40.8 Å². The van der Waals surface area contributed by atoms with E-state index in [4.69, 9.17) is 9.47 Å². The van der Waals surface area contributed by atoms with E-state index in [1.165, 1.54) is 0 Å². The largest absolute Gasteiger partial charge is 0.486 e. The molecule has 0 bridgehead atoms. The van der Waals surface area contributed by atoms with E-state index in [-0.39, 0.29) is 5.91 Å². The highest BCUT2D eigenvalue weighted by molar-refractivity contribution is 5.94. The van der Waals surface area contributed by atoms with Gasteiger partial charge in [-0.25, -0.2) is 4.98 Å². The fourth-order valence-corrected chi connectivity index (χ4v) is 3.04. The molecule has 4 rings (SSSR count). The Morgan fingerprint density at radius 2 is 2.11 bits per heavy atom. The maximum atomic E-state index is 12.0. The molecule has 3 aromatic rings. The van der Waals surface area contributed by atoms with Gasteiger partial charge in [-0.1, -0.05) is 13.0 Å². The van der Waals surface area contributed by atoms with Crippen LogP contribution < -0.4 is 25.4 Å². The third-order valence-corrected chi connectivity index (χ3v) is 4.31. The molecule has 1 aliphatic heterocycles. The van der Waals surface area contributed by atoms with Crippen molar-refractivity contribution >= 4 is 34.6 Å². The Kier molecular flexibility index (Phi) is 4.88. The number of carbonyl (C=O) groups is 1. The van der Waals surface area contributed by atoms with Crippen molar-refractivity contribution in [3.63, 3.8) is 0 Å². The summed E-state index contributed by atoms with van der Waals surface area (Å²) in [5, 5.41) is 13.6. The van der Waals surface area contributed by atoms with Gasteiger partial charge in [0.25, 0.3) is 0 Å². The van der Waals surface area contributed by atoms with Gasteiger partial charge in [0.05, 0.1) is 11.9 Å². The summed E-state index contributed by atoms with van der Waals surface area (Å²) in [6.45, 7) is 2.98. The summed E-state index contributed by atoms with van der Waals surface area (Å²) >= 11 is 0. The number of anilines is 4. The quantitative estimate of drug-likeness (QED) is 0.602. The van der Waals surface area contributed by atoms with E-state index in [2.05, 4.69) is 26.0 Å². The van der Waals surface area contributed by atoms with Crippen molar-refractivity contribution in [3.05, 3.63) is 30.5 Å². The smallest absolute Gasteiger partial charge is 0.224 e. The predicted octanol–water partition coefficient (Wildman–Crippen LogP) is 3.02. The molecule has 9 heteroatoms. The number of rotatable bonds is 6. The van der Waals surface area contributed by atoms with Crippen LogP contribution in [0.25, 0.3) is 5.65 Å². The van der Waals surface area contributed by atoms with Crippen LogP contribution in [0.5, 0.6) is 11.5 Å². The van der Waals surface area contributed by atoms with Crippen LogP contribution in [0.1, 0.15) is 19.8 Å². The molecule has 1 aliphatic rings. The number of nitrogens with zero attached hydrogens (tertiary/aromatic N) is 3. The molecule has 1 aromatic carbocycles. The number of hydrogen-bond acceptors (Lipinski definition) is 7. The zero-order chi connectivity index (χ0) is 19.5. The van der Waals surface area contributed by atoms with Crippen molar-refractivity contribution in [1.29, 1.82) is 0 Å². The highest BCUT2D eigenvalue weighted by atomic mass is 16.6. The van der Waals surface area contributed by atoms with E-state index < -0.39 is 0 Å². The van der Waals surface area contributed by atoms with Crippen molar-refractivity contribution in [1.82, 2.24) is 14.6 Å². The molecule has 0 saturated carbocycles. The molecule has 0 atom stereocenters. The van der Waals surface area contributed by atoms with Gasteiger partial charge in [-0.05, 0) is 18.6 Å². The minimum Gasteiger partial charge on any atom is -0.486 e. The molecular formula is C19H22N6O3. The topological polar surface area (TPSA) is 102 Å². The first-order chi connectivity index (χ1) is 13.7. The lowest BCUT2D eigenvalue weighted by molar-refractivity contribution is -0.116. The number of benzene rings is 1. The third-order valence-electron chi connectivity index (χ3n) is 4.31. The van der Waals surface area contributed by atoms with E-state index in [9.17, 15) is 4.79 Å². The lowest BCUT2D eigenvalue weighted by Gasteiger charge is -2.21. The van der Waals surface area contributed by atoms with Gasteiger partial charge in [0, 0.05) is 19.5 Å². The second kappa shape index (κ2) is 7.63. The Morgan fingerprint density at radius 3 is 2.93 bits per heavy atom. The van der Waals surface area contributed by atoms with Crippen LogP contribution >= 0.6 is 0 Å². The first-order valence-electron chi connectivity index (χ1n) is 9.21. The predicted molar refractivity (Wildman–Crippen MR) is 107 cm³/mol. The molecule has 146 valence electrons. The van der Waals surface area contributed by atoms with Crippen molar-refractivity contribution < 1.29 is 14.3 Å². The van der Waals surface area contributed by atoms with Gasteiger partial charge in [-0.3, -0.25) is 4.79 Å². The van der Waals surface area contributed by atoms with E-state index in [1.807, 2.05) is 31.2 Å². The zero-order valence-corrected chi connectivity index (χ0v) is 15.8. The zero-order valence-electron chi connectivity index (χ0n) is 15.8. The minimum atomic E-state index is -0.0637. The van der Waals surface area contributed by atoms with Crippen LogP contribution in [0.15, 0.2) is 30.5 Å². The van der Waals surface area contributed by atoms with Crippen LogP contribution in [0, 0.1) is 0 Å². The number of hydrogen-bond donors (Lipinski definition) is 3. The Labute approximate surface area is 162 Å². The van der Waals surface area contributed by atoms with Gasteiger partial charge < -0.3 is 25.4 Å². The highest BCUT2D eigenvalue weighted by Crippen LogP contribution is 2.38. The number of nitrogens with one attached hydrogen (secondary N) is 3. The summed E-state index contributed by atoms with van der Waals surface area (Å²) in [5.74, 6) is 2.61. The number of para-hydroxylation sites is 1. The molecule has 3 heterocycles. The maximum Gasteiger partial charge on any atom is 0.224 e. The van der Waals surface area contributed by atoms with E-state index >= 15 is 0 Å². The average molecular weight is 382 g/mol. The van der Waals surface area contributed by atoms with Crippen LogP contribution in [0.2, 0.25) is 0 Å². The monoisotopic (exact) mass is 382 g/mol. The van der Waals surface area contributed by atoms with Crippen LogP contribution in [-0.2, 0) is 4.79 Å². The molecule has 0 spiro atoms. The van der Waals surface area contributed by atoms with Crippen LogP contribution in [0.4, 0.5) is 23.0 Å². The van der Waals surface area contributed by atoms with E-state index in [0.717, 1.165) is 17.9 Å². The molecule has 0 fully saturated rings. The Balaban J connectivity index is 1.71. The Morgan fingerprint density at radius 1 is 1.25 bits per heavy atom. The summed E-state index contributed by atoms with van der Waals surface area (Å²) in [5.41, 5.74) is 1.86. The number of aromatic nitrogens is 3. The SMILES string of the molecule is CCCC(=O)Nc1cnn2c(NC)cc(Nc3cccc4c3OCCO4)nc12. The van der Waals surface area contributed by atoms with Gasteiger partial charge in [0.2, 0.25) is 5.91 Å². The average Bonchev–Trinajstić information content (AvgIpc) is 3.10. The second-order valence-electron chi connectivity index (χ2n) is 6.32. The standard InChI is InChI=1S/C19H22N6O3/c1-3-5-17(26)23-13-11-21-25-16(20-2)10-15(24-19(13)25)22-12-6-4-7-14-18(12)28-9-8-27-14/h4,6-7,10-11,20H,3,5,8-9H2,1-2H3,(H,22,24)(H,23,26). The molecule has 9 nitrogen and oxygen atoms in total. The minimum absolute atomic E-state index is 0.0637. The summed E-state index contributed by atoms with van der Waals surface area (Å²) in [7, 11) is 1.80. The van der Waals surface area contributed by atoms with Gasteiger partial charge in [-0.15, -0.1) is 0 Å². The Bertz CT molecular complexity index is 1020. The lowest BCUT2D eigenvalue weighted by atomic mass is 10.2. The second-order valence-corrected chi connectivity index (χ2v) is 6.32. The highest BCUT2D eigenvalue weighted by Gasteiger charge is 2.18. The fourth-order valence-electron chi connectivity index (χ4n) is 3.04. The molecular weight excluding hydrogens is 360 g/mol. The number of ether oxygens (including phenoxy) is 2. The van der Waals surface area contributed by atoms with Crippen molar-refractivity contribution in [2.45, 2.75) is 19.8 Å². The number of carbonyl (C=O) groups excluding carboxylic acids is 1. The first-order valence-corrected chi connectivity index (χ1v) is 9.21. The third kappa shape index (κ3) is 3.38. The van der Waals surface area contributed by atoms with Gasteiger partial charge in [0.15, 0.2) is 17.1 Å². The van der Waals surface area contributed by atoms with Crippen molar-refractivity contribution in [2.75, 3.05) is 36.2 Å². The molecule has 3 N–H and O–H groups in total. The number of fused-ring (bicyclic) bond motifs is 2. The van der Waals surface area contributed by atoms with Crippen molar-refractivity contribution in [3.8, 4) is 11.5 Å². The number of amides is 1. The van der Waals surface area contributed by atoms with E-state index in [1.54, 1.807) is 17.8 Å². The first kappa shape index (κ1) is 17.9. The summed E-state index contributed by atoms with van der Waals surface area (Å²) in [6.07, 6.45) is 2.82. The summed E-state index contributed by atoms with van der Waals surface area (Å²) < 4.78 is 13.0. The molecule has 0 unspecified atom stereocenters. The van der Waals surface area contributed by atoms with Gasteiger partial charge in [-0.2, -0.15) is 9.61 Å². The normalized spacial score (nSPS) is 12.6. The summed E-state index contributed by atoms with van der Waals surface area (Å²) in [6, 6.07) is 7.50. The molecule has 0 aliphatic carbocycles.